The van der Waals surface area contributed by atoms with Gasteiger partial charge in [0.1, 0.15) is 5.82 Å². The Hall–Kier alpha value is -1.91. The number of fused-ring (bicyclic) bond motifs is 1. The largest absolute Gasteiger partial charge is 0.505 e. The molecule has 27 heavy (non-hydrogen) atoms. The third kappa shape index (κ3) is 5.30. The lowest BCUT2D eigenvalue weighted by molar-refractivity contribution is 0.391. The van der Waals surface area contributed by atoms with Crippen molar-refractivity contribution in [1.82, 2.24) is 25.4 Å². The molecule has 1 unspecified atom stereocenters. The summed E-state index contributed by atoms with van der Waals surface area (Å²) in [5.74, 6) is 1.92. The molecule has 1 aromatic heterocycles. The van der Waals surface area contributed by atoms with Gasteiger partial charge in [0, 0.05) is 32.0 Å². The molecule has 0 amide bonds. The predicted molar refractivity (Wildman–Crippen MR) is 113 cm³/mol. The van der Waals surface area contributed by atoms with Gasteiger partial charge in [0.15, 0.2) is 23.4 Å². The van der Waals surface area contributed by atoms with E-state index >= 15 is 0 Å². The molecule has 0 saturated carbocycles. The standard InChI is InChI=1S/C18H25FN6O.HI/c1-11(2)17-23-16-7-5-13(10-25(16)24-17)22-18(20-3)21-9-12-4-6-15(26)14(19)8-12;/h4,6,8,11,13,26H,5,7,9-10H2,1-3H3,(H2,20,21,22);1H. The zero-order valence-corrected chi connectivity index (χ0v) is 18.1. The van der Waals surface area contributed by atoms with Crippen LogP contribution < -0.4 is 10.6 Å². The van der Waals surface area contributed by atoms with E-state index in [-0.39, 0.29) is 35.8 Å². The van der Waals surface area contributed by atoms with Gasteiger partial charge in [-0.1, -0.05) is 19.9 Å². The lowest BCUT2D eigenvalue weighted by Gasteiger charge is -2.25. The summed E-state index contributed by atoms with van der Waals surface area (Å²) in [6, 6.07) is 4.54. The summed E-state index contributed by atoms with van der Waals surface area (Å²) in [5, 5.41) is 20.4. The molecule has 1 aromatic carbocycles. The maximum atomic E-state index is 13.4. The van der Waals surface area contributed by atoms with Crippen LogP contribution in [0.4, 0.5) is 4.39 Å². The molecule has 2 heterocycles. The van der Waals surface area contributed by atoms with Crippen LogP contribution in [-0.4, -0.2) is 38.9 Å². The summed E-state index contributed by atoms with van der Waals surface area (Å²) in [4.78, 5) is 8.83. The van der Waals surface area contributed by atoms with Gasteiger partial charge in [-0.25, -0.2) is 14.1 Å². The molecule has 1 aliphatic heterocycles. The number of guanidine groups is 1. The smallest absolute Gasteiger partial charge is 0.191 e. The van der Waals surface area contributed by atoms with Crippen molar-refractivity contribution in [2.75, 3.05) is 7.05 Å². The number of phenols is 1. The van der Waals surface area contributed by atoms with Crippen LogP contribution in [0.5, 0.6) is 5.75 Å². The van der Waals surface area contributed by atoms with Crippen molar-refractivity contribution < 1.29 is 9.50 Å². The Kier molecular flexibility index (Phi) is 7.40. The van der Waals surface area contributed by atoms with Crippen LogP contribution >= 0.6 is 24.0 Å². The van der Waals surface area contributed by atoms with Crippen LogP contribution in [0.2, 0.25) is 0 Å². The summed E-state index contributed by atoms with van der Waals surface area (Å²) in [5.41, 5.74) is 0.729. The Morgan fingerprint density at radius 1 is 1.44 bits per heavy atom. The summed E-state index contributed by atoms with van der Waals surface area (Å²) in [6.07, 6.45) is 1.82. The fraction of sp³-hybridized carbons (Fsp3) is 0.500. The van der Waals surface area contributed by atoms with Crippen LogP contribution in [0.1, 0.15) is 43.4 Å². The minimum atomic E-state index is -0.626. The molecule has 0 bridgehead atoms. The molecule has 0 saturated heterocycles. The second-order valence-electron chi connectivity index (χ2n) is 6.81. The second-order valence-corrected chi connectivity index (χ2v) is 6.81. The van der Waals surface area contributed by atoms with Gasteiger partial charge in [-0.3, -0.25) is 4.99 Å². The quantitative estimate of drug-likeness (QED) is 0.350. The highest BCUT2D eigenvalue weighted by Gasteiger charge is 2.23. The van der Waals surface area contributed by atoms with Crippen molar-refractivity contribution in [3.8, 4) is 5.75 Å². The Morgan fingerprint density at radius 2 is 2.22 bits per heavy atom. The molecule has 2 aromatic rings. The highest BCUT2D eigenvalue weighted by molar-refractivity contribution is 14.0. The van der Waals surface area contributed by atoms with Gasteiger partial charge in [0.2, 0.25) is 0 Å². The van der Waals surface area contributed by atoms with E-state index in [4.69, 9.17) is 0 Å². The molecule has 3 rings (SSSR count). The minimum Gasteiger partial charge on any atom is -0.505 e. The first-order valence-corrected chi connectivity index (χ1v) is 8.84. The first-order valence-electron chi connectivity index (χ1n) is 8.84. The normalized spacial score (nSPS) is 16.6. The van der Waals surface area contributed by atoms with E-state index in [1.54, 1.807) is 13.1 Å². The van der Waals surface area contributed by atoms with E-state index < -0.39 is 5.82 Å². The molecular formula is C18H26FIN6O. The molecule has 0 aliphatic carbocycles. The molecule has 1 aliphatic rings. The van der Waals surface area contributed by atoms with Gasteiger partial charge in [-0.15, -0.1) is 24.0 Å². The van der Waals surface area contributed by atoms with Crippen LogP contribution in [0.25, 0.3) is 0 Å². The first kappa shape index (κ1) is 21.4. The number of hydrogen-bond acceptors (Lipinski definition) is 4. The van der Waals surface area contributed by atoms with Gasteiger partial charge in [-0.05, 0) is 24.1 Å². The monoisotopic (exact) mass is 488 g/mol. The predicted octanol–water partition coefficient (Wildman–Crippen LogP) is 2.54. The summed E-state index contributed by atoms with van der Waals surface area (Å²) in [7, 11) is 1.70. The maximum Gasteiger partial charge on any atom is 0.191 e. The minimum absolute atomic E-state index is 0. The van der Waals surface area contributed by atoms with E-state index in [0.29, 0.717) is 18.4 Å². The average molecular weight is 488 g/mol. The number of hydrogen-bond donors (Lipinski definition) is 3. The number of aromatic nitrogens is 3. The van der Waals surface area contributed by atoms with Crippen LogP contribution in [0.3, 0.4) is 0 Å². The van der Waals surface area contributed by atoms with Gasteiger partial charge < -0.3 is 15.7 Å². The zero-order chi connectivity index (χ0) is 18.7. The van der Waals surface area contributed by atoms with Crippen LogP contribution in [0, 0.1) is 5.82 Å². The number of phenolic OH excluding ortho intramolecular Hbond substituents is 1. The van der Waals surface area contributed by atoms with E-state index in [1.165, 1.54) is 12.1 Å². The van der Waals surface area contributed by atoms with E-state index in [0.717, 1.165) is 36.6 Å². The first-order chi connectivity index (χ1) is 12.5. The summed E-state index contributed by atoms with van der Waals surface area (Å²) in [6.45, 7) is 5.34. The van der Waals surface area contributed by atoms with Gasteiger partial charge in [-0.2, -0.15) is 5.10 Å². The highest BCUT2D eigenvalue weighted by Crippen LogP contribution is 2.17. The highest BCUT2D eigenvalue weighted by atomic mass is 127. The Bertz CT molecular complexity index is 807. The van der Waals surface area contributed by atoms with Crippen molar-refractivity contribution in [3.05, 3.63) is 41.2 Å². The van der Waals surface area contributed by atoms with E-state index in [1.807, 2.05) is 4.68 Å². The maximum absolute atomic E-state index is 13.4. The SMILES string of the molecule is CN=C(NCc1ccc(O)c(F)c1)NC1CCc2nc(C(C)C)nn2C1.I. The number of aryl methyl sites for hydroxylation is 1. The molecule has 3 N–H and O–H groups in total. The van der Waals surface area contributed by atoms with Crippen molar-refractivity contribution in [2.24, 2.45) is 4.99 Å². The Labute approximate surface area is 175 Å². The summed E-state index contributed by atoms with van der Waals surface area (Å²) < 4.78 is 15.4. The lowest BCUT2D eigenvalue weighted by Crippen LogP contribution is -2.46. The average Bonchev–Trinajstić information content (AvgIpc) is 3.05. The van der Waals surface area contributed by atoms with Crippen molar-refractivity contribution in [2.45, 2.75) is 51.7 Å². The number of halogens is 2. The number of nitrogens with zero attached hydrogens (tertiary/aromatic N) is 4. The number of nitrogens with one attached hydrogen (secondary N) is 2. The van der Waals surface area contributed by atoms with Gasteiger partial charge >= 0.3 is 0 Å². The number of aromatic hydroxyl groups is 1. The van der Waals surface area contributed by atoms with Crippen LogP contribution in [-0.2, 0) is 19.5 Å². The Balaban J connectivity index is 0.00000261. The third-order valence-corrected chi connectivity index (χ3v) is 4.43. The van der Waals surface area contributed by atoms with Gasteiger partial charge in [0.25, 0.3) is 0 Å². The second kappa shape index (κ2) is 9.34. The van der Waals surface area contributed by atoms with Crippen molar-refractivity contribution in [1.29, 1.82) is 0 Å². The number of rotatable bonds is 4. The molecule has 1 atom stereocenters. The number of benzene rings is 1. The van der Waals surface area contributed by atoms with Crippen molar-refractivity contribution >= 4 is 29.9 Å². The molecule has 9 heteroatoms. The van der Waals surface area contributed by atoms with Gasteiger partial charge in [0.05, 0.1) is 6.54 Å². The van der Waals surface area contributed by atoms with E-state index in [9.17, 15) is 9.50 Å². The molecule has 0 spiro atoms. The summed E-state index contributed by atoms with van der Waals surface area (Å²) >= 11 is 0. The number of aliphatic imine (C=N–C) groups is 1. The lowest BCUT2D eigenvalue weighted by atomic mass is 10.1. The fourth-order valence-electron chi connectivity index (χ4n) is 2.92. The molecule has 0 radical (unpaired) electrons. The fourth-order valence-corrected chi connectivity index (χ4v) is 2.92. The molecular weight excluding hydrogens is 462 g/mol. The molecule has 0 fully saturated rings. The van der Waals surface area contributed by atoms with Crippen molar-refractivity contribution in [3.63, 3.8) is 0 Å². The molecule has 7 nitrogen and oxygen atoms in total. The Morgan fingerprint density at radius 3 is 2.89 bits per heavy atom. The molecule has 148 valence electrons. The van der Waals surface area contributed by atoms with E-state index in [2.05, 4.69) is 39.6 Å². The zero-order valence-electron chi connectivity index (χ0n) is 15.7. The third-order valence-electron chi connectivity index (χ3n) is 4.43. The topological polar surface area (TPSA) is 87.4 Å². The van der Waals surface area contributed by atoms with Crippen LogP contribution in [0.15, 0.2) is 23.2 Å².